The van der Waals surface area contributed by atoms with Crippen LogP contribution in [0.1, 0.15) is 48.0 Å². The summed E-state index contributed by atoms with van der Waals surface area (Å²) in [6.45, 7) is 1.83. The van der Waals surface area contributed by atoms with Crippen LogP contribution >= 0.6 is 0 Å². The zero-order valence-corrected chi connectivity index (χ0v) is 11.4. The Balaban J connectivity index is 1.82. The summed E-state index contributed by atoms with van der Waals surface area (Å²) in [6.07, 6.45) is 5.18. The van der Waals surface area contributed by atoms with Crippen LogP contribution in [0.2, 0.25) is 0 Å². The quantitative estimate of drug-likeness (QED) is 0.616. The molecule has 1 aromatic rings. The van der Waals surface area contributed by atoms with E-state index >= 15 is 0 Å². The number of hydrogen-bond donors (Lipinski definition) is 0. The summed E-state index contributed by atoms with van der Waals surface area (Å²) in [5.74, 6) is -0.344. The third-order valence-corrected chi connectivity index (χ3v) is 3.66. The highest BCUT2D eigenvalue weighted by atomic mass is 16.5. The molecule has 0 aliphatic heterocycles. The largest absolute Gasteiger partial charge is 0.457 e. The molecule has 1 saturated carbocycles. The van der Waals surface area contributed by atoms with E-state index in [4.69, 9.17) is 4.74 Å². The van der Waals surface area contributed by atoms with Crippen LogP contribution in [0, 0.1) is 12.8 Å². The minimum Gasteiger partial charge on any atom is -0.457 e. The van der Waals surface area contributed by atoms with Crippen molar-refractivity contribution in [2.24, 2.45) is 5.92 Å². The molecule has 1 aliphatic carbocycles. The zero-order valence-electron chi connectivity index (χ0n) is 11.4. The van der Waals surface area contributed by atoms with Crippen LogP contribution in [0.15, 0.2) is 24.3 Å². The number of rotatable bonds is 4. The highest BCUT2D eigenvalue weighted by molar-refractivity contribution is 5.98. The molecule has 3 nitrogen and oxygen atoms in total. The summed E-state index contributed by atoms with van der Waals surface area (Å²) in [7, 11) is 0. The van der Waals surface area contributed by atoms with Gasteiger partial charge in [0.15, 0.2) is 12.4 Å². The van der Waals surface area contributed by atoms with Gasteiger partial charge in [-0.05, 0) is 19.8 Å². The third-order valence-electron chi connectivity index (χ3n) is 3.66. The molecule has 0 aromatic heterocycles. The van der Waals surface area contributed by atoms with Crippen LogP contribution in [-0.4, -0.2) is 18.4 Å². The van der Waals surface area contributed by atoms with Gasteiger partial charge < -0.3 is 4.74 Å². The Morgan fingerprint density at radius 2 is 1.74 bits per heavy atom. The summed E-state index contributed by atoms with van der Waals surface area (Å²) in [6, 6.07) is 7.31. The normalized spacial score (nSPS) is 16.1. The molecule has 0 atom stereocenters. The molecule has 0 heterocycles. The average molecular weight is 260 g/mol. The topological polar surface area (TPSA) is 43.4 Å². The number of aryl methyl sites for hydroxylation is 1. The average Bonchev–Trinajstić information content (AvgIpc) is 2.46. The second-order valence-corrected chi connectivity index (χ2v) is 5.23. The van der Waals surface area contributed by atoms with Gasteiger partial charge >= 0.3 is 5.97 Å². The van der Waals surface area contributed by atoms with Crippen molar-refractivity contribution in [3.63, 3.8) is 0 Å². The number of carbonyl (C=O) groups is 2. The molecule has 0 unspecified atom stereocenters. The number of Topliss-reactive ketones (excluding diaryl/α,β-unsaturated/α-hetero) is 1. The van der Waals surface area contributed by atoms with Crippen molar-refractivity contribution in [2.45, 2.75) is 39.0 Å². The van der Waals surface area contributed by atoms with E-state index in [1.54, 1.807) is 12.1 Å². The molecular weight excluding hydrogens is 240 g/mol. The smallest absolute Gasteiger partial charge is 0.309 e. The highest BCUT2D eigenvalue weighted by Crippen LogP contribution is 2.24. The van der Waals surface area contributed by atoms with Crippen LogP contribution in [0.25, 0.3) is 0 Å². The van der Waals surface area contributed by atoms with Crippen molar-refractivity contribution >= 4 is 11.8 Å². The van der Waals surface area contributed by atoms with Gasteiger partial charge in [0.25, 0.3) is 0 Å². The Morgan fingerprint density at radius 3 is 2.37 bits per heavy atom. The van der Waals surface area contributed by atoms with E-state index in [9.17, 15) is 9.59 Å². The Kier molecular flexibility index (Phi) is 4.72. The fourth-order valence-electron chi connectivity index (χ4n) is 2.42. The van der Waals surface area contributed by atoms with Gasteiger partial charge in [0, 0.05) is 5.56 Å². The van der Waals surface area contributed by atoms with Gasteiger partial charge in [-0.15, -0.1) is 0 Å². The second kappa shape index (κ2) is 6.50. The first kappa shape index (κ1) is 13.8. The molecule has 1 fully saturated rings. The standard InChI is InChI=1S/C16H20O3/c1-12-7-9-13(10-8-12)15(17)11-19-16(18)14-5-3-2-4-6-14/h7-10,14H,2-6,11H2,1H3. The molecule has 1 aliphatic rings. The lowest BCUT2D eigenvalue weighted by molar-refractivity contribution is -0.148. The highest BCUT2D eigenvalue weighted by Gasteiger charge is 2.23. The number of benzene rings is 1. The van der Waals surface area contributed by atoms with Gasteiger partial charge in [-0.3, -0.25) is 9.59 Å². The molecule has 2 rings (SSSR count). The zero-order chi connectivity index (χ0) is 13.7. The Bertz CT molecular complexity index is 442. The van der Waals surface area contributed by atoms with E-state index in [0.29, 0.717) is 5.56 Å². The van der Waals surface area contributed by atoms with Crippen molar-refractivity contribution in [1.29, 1.82) is 0 Å². The van der Waals surface area contributed by atoms with Crippen LogP contribution in [0.4, 0.5) is 0 Å². The van der Waals surface area contributed by atoms with Crippen LogP contribution in [0.5, 0.6) is 0 Å². The number of ketones is 1. The molecule has 1 aromatic carbocycles. The Morgan fingerprint density at radius 1 is 1.11 bits per heavy atom. The lowest BCUT2D eigenvalue weighted by Crippen LogP contribution is -2.23. The van der Waals surface area contributed by atoms with Gasteiger partial charge in [-0.1, -0.05) is 49.1 Å². The predicted octanol–water partition coefficient (Wildman–Crippen LogP) is 3.30. The van der Waals surface area contributed by atoms with E-state index in [1.807, 2.05) is 19.1 Å². The van der Waals surface area contributed by atoms with Crippen LogP contribution in [-0.2, 0) is 9.53 Å². The molecule has 0 spiro atoms. The van der Waals surface area contributed by atoms with Gasteiger partial charge in [-0.25, -0.2) is 0 Å². The maximum atomic E-state index is 11.9. The summed E-state index contributed by atoms with van der Waals surface area (Å²) in [4.78, 5) is 23.7. The van der Waals surface area contributed by atoms with E-state index in [2.05, 4.69) is 0 Å². The van der Waals surface area contributed by atoms with Crippen LogP contribution < -0.4 is 0 Å². The molecule has 0 bridgehead atoms. The minimum absolute atomic E-state index is 0.000400. The summed E-state index contributed by atoms with van der Waals surface area (Å²) in [5, 5.41) is 0. The lowest BCUT2D eigenvalue weighted by atomic mass is 9.89. The molecular formula is C16H20O3. The molecule has 0 amide bonds. The Labute approximate surface area is 114 Å². The van der Waals surface area contributed by atoms with E-state index in [-0.39, 0.29) is 24.3 Å². The van der Waals surface area contributed by atoms with Crippen molar-refractivity contribution in [3.05, 3.63) is 35.4 Å². The van der Waals surface area contributed by atoms with Gasteiger partial charge in [0.1, 0.15) is 0 Å². The second-order valence-electron chi connectivity index (χ2n) is 5.23. The van der Waals surface area contributed by atoms with Crippen molar-refractivity contribution in [1.82, 2.24) is 0 Å². The molecule has 3 heteroatoms. The number of ether oxygens (including phenoxy) is 1. The molecule has 0 N–H and O–H groups in total. The SMILES string of the molecule is Cc1ccc(C(=O)COC(=O)C2CCCCC2)cc1. The van der Waals surface area contributed by atoms with Crippen molar-refractivity contribution < 1.29 is 14.3 Å². The molecule has 102 valence electrons. The fourth-order valence-corrected chi connectivity index (χ4v) is 2.42. The predicted molar refractivity (Wildman–Crippen MR) is 73.0 cm³/mol. The first-order valence-corrected chi connectivity index (χ1v) is 6.93. The van der Waals surface area contributed by atoms with Crippen molar-refractivity contribution in [2.75, 3.05) is 6.61 Å². The maximum Gasteiger partial charge on any atom is 0.309 e. The molecule has 0 saturated heterocycles. The van der Waals surface area contributed by atoms with E-state index in [0.717, 1.165) is 31.2 Å². The molecule has 0 radical (unpaired) electrons. The first-order chi connectivity index (χ1) is 9.16. The van der Waals surface area contributed by atoms with Gasteiger partial charge in [0.2, 0.25) is 0 Å². The van der Waals surface area contributed by atoms with E-state index in [1.165, 1.54) is 6.42 Å². The van der Waals surface area contributed by atoms with Gasteiger partial charge in [-0.2, -0.15) is 0 Å². The lowest BCUT2D eigenvalue weighted by Gasteiger charge is -2.19. The third kappa shape index (κ3) is 3.91. The molecule has 19 heavy (non-hydrogen) atoms. The maximum absolute atomic E-state index is 11.9. The Hall–Kier alpha value is -1.64. The number of hydrogen-bond acceptors (Lipinski definition) is 3. The number of carbonyl (C=O) groups excluding carboxylic acids is 2. The monoisotopic (exact) mass is 260 g/mol. The fraction of sp³-hybridized carbons (Fsp3) is 0.500. The van der Waals surface area contributed by atoms with Crippen LogP contribution in [0.3, 0.4) is 0 Å². The van der Waals surface area contributed by atoms with Gasteiger partial charge in [0.05, 0.1) is 5.92 Å². The summed E-state index contributed by atoms with van der Waals surface area (Å²) >= 11 is 0. The van der Waals surface area contributed by atoms with Crippen molar-refractivity contribution in [3.8, 4) is 0 Å². The summed E-state index contributed by atoms with van der Waals surface area (Å²) < 4.78 is 5.14. The number of esters is 1. The summed E-state index contributed by atoms with van der Waals surface area (Å²) in [5.41, 5.74) is 1.71. The first-order valence-electron chi connectivity index (χ1n) is 6.93. The van der Waals surface area contributed by atoms with E-state index < -0.39 is 0 Å². The minimum atomic E-state index is -0.208.